The van der Waals surface area contributed by atoms with E-state index in [2.05, 4.69) is 34.0 Å². The third kappa shape index (κ3) is 5.29. The molecule has 2 aromatic rings. The fraction of sp³-hybridized carbons (Fsp3) is 0.545. The number of carbonyl (C=O) groups excluding carboxylic acids is 1. The van der Waals surface area contributed by atoms with Crippen molar-refractivity contribution in [3.05, 3.63) is 41.5 Å². The zero-order valence-electron chi connectivity index (χ0n) is 18.0. The molecule has 1 fully saturated rings. The minimum Gasteiger partial charge on any atom is -0.493 e. The van der Waals surface area contributed by atoms with Gasteiger partial charge >= 0.3 is 0 Å². The molecule has 0 radical (unpaired) electrons. The van der Waals surface area contributed by atoms with Crippen LogP contribution >= 0.6 is 0 Å². The van der Waals surface area contributed by atoms with Crippen LogP contribution in [0.1, 0.15) is 61.5 Å². The van der Waals surface area contributed by atoms with Crippen LogP contribution in [0.3, 0.4) is 0 Å². The van der Waals surface area contributed by atoms with Gasteiger partial charge in [0.05, 0.1) is 13.2 Å². The molecule has 1 aromatic carbocycles. The maximum absolute atomic E-state index is 12.7. The largest absolute Gasteiger partial charge is 0.493 e. The van der Waals surface area contributed by atoms with Crippen LogP contribution in [0.15, 0.2) is 24.4 Å². The van der Waals surface area contributed by atoms with Crippen LogP contribution in [0.4, 0.5) is 0 Å². The molecule has 0 spiro atoms. The fourth-order valence-electron chi connectivity index (χ4n) is 3.60. The number of amides is 1. The van der Waals surface area contributed by atoms with Crippen LogP contribution in [0.2, 0.25) is 0 Å². The molecule has 3 rings (SSSR count). The standard InChI is InChI=1S/C22H32N4O3/c1-14(2)26-10-8-18(9-11-26)29-20-12-17(6-7-19(20)28-5)22(27)25-16(4)21-23-13-15(3)24-21/h6-7,12-14,16,18H,8-11H2,1-5H3,(H,23,24)(H,25,27). The quantitative estimate of drug-likeness (QED) is 0.744. The zero-order chi connectivity index (χ0) is 21.0. The first-order valence-electron chi connectivity index (χ1n) is 10.3. The van der Waals surface area contributed by atoms with Crippen LogP contribution < -0.4 is 14.8 Å². The predicted octanol–water partition coefficient (Wildman–Crippen LogP) is 3.47. The van der Waals surface area contributed by atoms with Crippen molar-refractivity contribution in [1.82, 2.24) is 20.2 Å². The Kier molecular flexibility index (Phi) is 6.79. The van der Waals surface area contributed by atoms with E-state index in [9.17, 15) is 4.79 Å². The van der Waals surface area contributed by atoms with E-state index in [1.165, 1.54) is 0 Å². The summed E-state index contributed by atoms with van der Waals surface area (Å²) in [7, 11) is 1.62. The second kappa shape index (κ2) is 9.31. The number of rotatable bonds is 7. The van der Waals surface area contributed by atoms with Crippen molar-refractivity contribution in [2.45, 2.75) is 58.7 Å². The van der Waals surface area contributed by atoms with E-state index in [-0.39, 0.29) is 18.1 Å². The number of hydrogen-bond donors (Lipinski definition) is 2. The van der Waals surface area contributed by atoms with E-state index >= 15 is 0 Å². The molecule has 2 heterocycles. The number of imidazole rings is 1. The molecule has 0 aliphatic carbocycles. The van der Waals surface area contributed by atoms with Gasteiger partial charge in [0.2, 0.25) is 0 Å². The van der Waals surface area contributed by atoms with E-state index in [1.807, 2.05) is 13.8 Å². The predicted molar refractivity (Wildman–Crippen MR) is 113 cm³/mol. The van der Waals surface area contributed by atoms with Gasteiger partial charge in [-0.15, -0.1) is 0 Å². The smallest absolute Gasteiger partial charge is 0.251 e. The number of ether oxygens (including phenoxy) is 2. The number of aromatic amines is 1. The van der Waals surface area contributed by atoms with Gasteiger partial charge in [-0.05, 0) is 58.7 Å². The van der Waals surface area contributed by atoms with E-state index < -0.39 is 0 Å². The first kappa shape index (κ1) is 21.2. The third-order valence-corrected chi connectivity index (χ3v) is 5.41. The van der Waals surface area contributed by atoms with Gasteiger partial charge in [-0.1, -0.05) is 0 Å². The Hall–Kier alpha value is -2.54. The molecule has 0 bridgehead atoms. The Balaban J connectivity index is 1.67. The monoisotopic (exact) mass is 400 g/mol. The van der Waals surface area contributed by atoms with Gasteiger partial charge in [-0.3, -0.25) is 4.79 Å². The van der Waals surface area contributed by atoms with E-state index in [1.54, 1.807) is 31.5 Å². The van der Waals surface area contributed by atoms with Crippen molar-refractivity contribution in [2.75, 3.05) is 20.2 Å². The summed E-state index contributed by atoms with van der Waals surface area (Å²) in [5.41, 5.74) is 1.50. The minimum absolute atomic E-state index is 0.127. The number of methoxy groups -OCH3 is 1. The first-order chi connectivity index (χ1) is 13.9. The summed E-state index contributed by atoms with van der Waals surface area (Å²) < 4.78 is 11.7. The Bertz CT molecular complexity index is 825. The number of nitrogens with one attached hydrogen (secondary N) is 2. The van der Waals surface area contributed by atoms with Gasteiger partial charge < -0.3 is 24.7 Å². The average molecular weight is 401 g/mol. The number of piperidine rings is 1. The molecule has 7 heteroatoms. The maximum Gasteiger partial charge on any atom is 0.251 e. The summed E-state index contributed by atoms with van der Waals surface area (Å²) >= 11 is 0. The van der Waals surface area contributed by atoms with Crippen LogP contribution in [0.5, 0.6) is 11.5 Å². The van der Waals surface area contributed by atoms with Gasteiger partial charge in [0, 0.05) is 36.6 Å². The van der Waals surface area contributed by atoms with Gasteiger partial charge in [0.1, 0.15) is 11.9 Å². The van der Waals surface area contributed by atoms with Crippen molar-refractivity contribution in [2.24, 2.45) is 0 Å². The lowest BCUT2D eigenvalue weighted by atomic mass is 10.1. The Morgan fingerprint density at radius 2 is 1.97 bits per heavy atom. The Morgan fingerprint density at radius 1 is 1.24 bits per heavy atom. The first-order valence-corrected chi connectivity index (χ1v) is 10.3. The summed E-state index contributed by atoms with van der Waals surface area (Å²) in [5, 5.41) is 2.98. The van der Waals surface area contributed by atoms with Crippen molar-refractivity contribution in [3.63, 3.8) is 0 Å². The lowest BCUT2D eigenvalue weighted by Gasteiger charge is -2.34. The fourth-order valence-corrected chi connectivity index (χ4v) is 3.60. The highest BCUT2D eigenvalue weighted by Gasteiger charge is 2.24. The van der Waals surface area contributed by atoms with Crippen molar-refractivity contribution in [3.8, 4) is 11.5 Å². The van der Waals surface area contributed by atoms with Crippen LogP contribution in [-0.2, 0) is 0 Å². The Labute approximate surface area is 172 Å². The highest BCUT2D eigenvalue weighted by atomic mass is 16.5. The summed E-state index contributed by atoms with van der Waals surface area (Å²) in [6.45, 7) is 10.3. The molecule has 1 saturated heterocycles. The lowest BCUT2D eigenvalue weighted by Crippen LogP contribution is -2.41. The van der Waals surface area contributed by atoms with Crippen molar-refractivity contribution < 1.29 is 14.3 Å². The number of likely N-dealkylation sites (tertiary alicyclic amines) is 1. The molecule has 7 nitrogen and oxygen atoms in total. The number of benzene rings is 1. The van der Waals surface area contributed by atoms with Gasteiger partial charge in [-0.25, -0.2) is 4.98 Å². The van der Waals surface area contributed by atoms with Crippen molar-refractivity contribution in [1.29, 1.82) is 0 Å². The molecule has 0 saturated carbocycles. The summed E-state index contributed by atoms with van der Waals surface area (Å²) in [6.07, 6.45) is 3.81. The van der Waals surface area contributed by atoms with Gasteiger partial charge in [0.15, 0.2) is 11.5 Å². The number of aromatic nitrogens is 2. The number of carbonyl (C=O) groups is 1. The molecule has 2 N–H and O–H groups in total. The molecule has 1 aromatic heterocycles. The number of H-pyrrole nitrogens is 1. The molecule has 1 amide bonds. The molecule has 158 valence electrons. The highest BCUT2D eigenvalue weighted by molar-refractivity contribution is 5.95. The van der Waals surface area contributed by atoms with E-state index in [4.69, 9.17) is 9.47 Å². The topological polar surface area (TPSA) is 79.5 Å². The zero-order valence-corrected chi connectivity index (χ0v) is 18.0. The SMILES string of the molecule is COc1ccc(C(=O)NC(C)c2ncc(C)[nH]2)cc1OC1CCN(C(C)C)CC1. The lowest BCUT2D eigenvalue weighted by molar-refractivity contribution is 0.0818. The van der Waals surface area contributed by atoms with Crippen LogP contribution in [-0.4, -0.2) is 53.1 Å². The second-order valence-electron chi connectivity index (χ2n) is 7.96. The third-order valence-electron chi connectivity index (χ3n) is 5.41. The highest BCUT2D eigenvalue weighted by Crippen LogP contribution is 2.31. The maximum atomic E-state index is 12.7. The molecular weight excluding hydrogens is 368 g/mol. The number of hydrogen-bond acceptors (Lipinski definition) is 5. The molecule has 1 unspecified atom stereocenters. The molecule has 29 heavy (non-hydrogen) atoms. The van der Waals surface area contributed by atoms with E-state index in [0.29, 0.717) is 23.1 Å². The number of nitrogens with zero attached hydrogens (tertiary/aromatic N) is 2. The Morgan fingerprint density at radius 3 is 2.55 bits per heavy atom. The summed E-state index contributed by atoms with van der Waals surface area (Å²) in [6, 6.07) is 5.64. The molecular formula is C22H32N4O3. The second-order valence-corrected chi connectivity index (χ2v) is 7.96. The van der Waals surface area contributed by atoms with E-state index in [0.717, 1.165) is 37.4 Å². The van der Waals surface area contributed by atoms with Gasteiger partial charge in [-0.2, -0.15) is 0 Å². The van der Waals surface area contributed by atoms with Crippen molar-refractivity contribution >= 4 is 5.91 Å². The minimum atomic E-state index is -0.219. The molecule has 1 aliphatic heterocycles. The summed E-state index contributed by atoms with van der Waals surface area (Å²) in [4.78, 5) is 22.6. The summed E-state index contributed by atoms with van der Waals surface area (Å²) in [5.74, 6) is 1.82. The number of aryl methyl sites for hydroxylation is 1. The molecule has 1 aliphatic rings. The molecule has 1 atom stereocenters. The van der Waals surface area contributed by atoms with Crippen LogP contribution in [0.25, 0.3) is 0 Å². The normalized spacial score (nSPS) is 16.6. The van der Waals surface area contributed by atoms with Gasteiger partial charge in [0.25, 0.3) is 5.91 Å². The average Bonchev–Trinajstić information content (AvgIpc) is 3.15. The van der Waals surface area contributed by atoms with Crippen LogP contribution in [0, 0.1) is 6.92 Å².